The number of para-hydroxylation sites is 2. The molecule has 0 spiro atoms. The van der Waals surface area contributed by atoms with E-state index in [0.717, 1.165) is 22.3 Å². The number of halogens is 1. The van der Waals surface area contributed by atoms with E-state index in [-0.39, 0.29) is 5.82 Å². The topological polar surface area (TPSA) is 24.9 Å². The second-order valence-electron chi connectivity index (χ2n) is 4.43. The van der Waals surface area contributed by atoms with Gasteiger partial charge in [0, 0.05) is 23.0 Å². The monoisotopic (exact) mass is 252 g/mol. The lowest BCUT2D eigenvalue weighted by Gasteiger charge is -2.11. The van der Waals surface area contributed by atoms with Crippen LogP contribution in [0, 0.1) is 12.7 Å². The fourth-order valence-electron chi connectivity index (χ4n) is 2.11. The highest BCUT2D eigenvalue weighted by Gasteiger charge is 2.06. The van der Waals surface area contributed by atoms with Crippen molar-refractivity contribution in [3.63, 3.8) is 0 Å². The molecule has 0 aliphatic rings. The van der Waals surface area contributed by atoms with Crippen LogP contribution in [-0.2, 0) is 0 Å². The zero-order valence-electron chi connectivity index (χ0n) is 10.5. The molecule has 0 aliphatic heterocycles. The SMILES string of the molecule is Cc1ccccc1Nc1ccnc2c(F)cccc12. The summed E-state index contributed by atoms with van der Waals surface area (Å²) in [5, 5.41) is 4.12. The highest BCUT2D eigenvalue weighted by Crippen LogP contribution is 2.27. The number of pyridine rings is 1. The van der Waals surface area contributed by atoms with Crippen LogP contribution in [0.15, 0.2) is 54.7 Å². The molecule has 3 heteroatoms. The standard InChI is InChI=1S/C16H13FN2/c1-11-5-2-3-8-14(11)19-15-9-10-18-16-12(15)6-4-7-13(16)17/h2-10H,1H3,(H,18,19). The first-order valence-electron chi connectivity index (χ1n) is 6.11. The first-order chi connectivity index (χ1) is 9.25. The van der Waals surface area contributed by atoms with E-state index in [4.69, 9.17) is 0 Å². The summed E-state index contributed by atoms with van der Waals surface area (Å²) in [5.41, 5.74) is 3.41. The number of aromatic nitrogens is 1. The number of hydrogen-bond acceptors (Lipinski definition) is 2. The van der Waals surface area contributed by atoms with E-state index in [2.05, 4.69) is 10.3 Å². The number of hydrogen-bond donors (Lipinski definition) is 1. The average molecular weight is 252 g/mol. The Hall–Kier alpha value is -2.42. The van der Waals surface area contributed by atoms with Crippen molar-refractivity contribution in [3.8, 4) is 0 Å². The maximum absolute atomic E-state index is 13.7. The second kappa shape index (κ2) is 4.69. The Labute approximate surface area is 110 Å². The predicted octanol–water partition coefficient (Wildman–Crippen LogP) is 4.43. The smallest absolute Gasteiger partial charge is 0.149 e. The Kier molecular flexibility index (Phi) is 2.88. The normalized spacial score (nSPS) is 10.6. The zero-order chi connectivity index (χ0) is 13.2. The molecule has 0 aliphatic carbocycles. The molecule has 1 N–H and O–H groups in total. The first-order valence-corrected chi connectivity index (χ1v) is 6.11. The number of anilines is 2. The van der Waals surface area contributed by atoms with Crippen LogP contribution in [-0.4, -0.2) is 4.98 Å². The first kappa shape index (κ1) is 11.7. The van der Waals surface area contributed by atoms with Crippen LogP contribution in [0.5, 0.6) is 0 Å². The number of fused-ring (bicyclic) bond motifs is 1. The minimum atomic E-state index is -0.300. The van der Waals surface area contributed by atoms with Crippen LogP contribution >= 0.6 is 0 Å². The summed E-state index contributed by atoms with van der Waals surface area (Å²) in [6, 6.07) is 14.8. The van der Waals surface area contributed by atoms with Crippen LogP contribution in [0.1, 0.15) is 5.56 Å². The van der Waals surface area contributed by atoms with Gasteiger partial charge in [-0.25, -0.2) is 4.39 Å². The van der Waals surface area contributed by atoms with Gasteiger partial charge in [-0.15, -0.1) is 0 Å². The van der Waals surface area contributed by atoms with E-state index in [9.17, 15) is 4.39 Å². The summed E-state index contributed by atoms with van der Waals surface area (Å²) in [4.78, 5) is 4.09. The minimum absolute atomic E-state index is 0.300. The van der Waals surface area contributed by atoms with Crippen molar-refractivity contribution in [2.75, 3.05) is 5.32 Å². The molecule has 2 aromatic carbocycles. The molecule has 0 atom stereocenters. The molecule has 3 rings (SSSR count). The van der Waals surface area contributed by atoms with Gasteiger partial charge in [0.15, 0.2) is 0 Å². The summed E-state index contributed by atoms with van der Waals surface area (Å²) in [5.74, 6) is -0.300. The Morgan fingerprint density at radius 1 is 0.947 bits per heavy atom. The van der Waals surface area contributed by atoms with Gasteiger partial charge < -0.3 is 5.32 Å². The van der Waals surface area contributed by atoms with Crippen LogP contribution in [0.2, 0.25) is 0 Å². The molecule has 2 nitrogen and oxygen atoms in total. The van der Waals surface area contributed by atoms with Crippen molar-refractivity contribution in [1.82, 2.24) is 4.98 Å². The average Bonchev–Trinajstić information content (AvgIpc) is 2.42. The van der Waals surface area contributed by atoms with Gasteiger partial charge in [-0.1, -0.05) is 30.3 Å². The maximum atomic E-state index is 13.7. The van der Waals surface area contributed by atoms with Crippen molar-refractivity contribution in [2.45, 2.75) is 6.92 Å². The van der Waals surface area contributed by atoms with Gasteiger partial charge >= 0.3 is 0 Å². The van der Waals surface area contributed by atoms with Crippen LogP contribution in [0.25, 0.3) is 10.9 Å². The van der Waals surface area contributed by atoms with Crippen LogP contribution in [0.3, 0.4) is 0 Å². The number of benzene rings is 2. The molecule has 0 bridgehead atoms. The third-order valence-electron chi connectivity index (χ3n) is 3.14. The molecule has 0 radical (unpaired) electrons. The van der Waals surface area contributed by atoms with Crippen molar-refractivity contribution in [3.05, 3.63) is 66.1 Å². The highest BCUT2D eigenvalue weighted by molar-refractivity contribution is 5.93. The van der Waals surface area contributed by atoms with Crippen LogP contribution in [0.4, 0.5) is 15.8 Å². The lowest BCUT2D eigenvalue weighted by Crippen LogP contribution is -1.95. The predicted molar refractivity (Wildman–Crippen MR) is 76.2 cm³/mol. The molecule has 0 saturated carbocycles. The third kappa shape index (κ3) is 2.15. The fraction of sp³-hybridized carbons (Fsp3) is 0.0625. The summed E-state index contributed by atoms with van der Waals surface area (Å²) < 4.78 is 13.7. The van der Waals surface area contributed by atoms with Gasteiger partial charge in [-0.05, 0) is 30.7 Å². The molecule has 0 amide bonds. The Morgan fingerprint density at radius 3 is 2.63 bits per heavy atom. The van der Waals surface area contributed by atoms with E-state index < -0.39 is 0 Å². The van der Waals surface area contributed by atoms with Crippen molar-refractivity contribution < 1.29 is 4.39 Å². The Balaban J connectivity index is 2.12. The number of nitrogens with one attached hydrogen (secondary N) is 1. The van der Waals surface area contributed by atoms with Gasteiger partial charge in [0.25, 0.3) is 0 Å². The molecule has 1 heterocycles. The van der Waals surface area contributed by atoms with E-state index >= 15 is 0 Å². The zero-order valence-corrected chi connectivity index (χ0v) is 10.5. The largest absolute Gasteiger partial charge is 0.355 e. The molecule has 19 heavy (non-hydrogen) atoms. The lowest BCUT2D eigenvalue weighted by atomic mass is 10.1. The van der Waals surface area contributed by atoms with E-state index in [1.807, 2.05) is 43.3 Å². The minimum Gasteiger partial charge on any atom is -0.355 e. The molecular formula is C16H13FN2. The van der Waals surface area contributed by atoms with Gasteiger partial charge in [0.2, 0.25) is 0 Å². The summed E-state index contributed by atoms with van der Waals surface area (Å²) in [6.45, 7) is 2.03. The molecule has 3 aromatic rings. The fourth-order valence-corrected chi connectivity index (χ4v) is 2.11. The van der Waals surface area contributed by atoms with Crippen molar-refractivity contribution >= 4 is 22.3 Å². The third-order valence-corrected chi connectivity index (χ3v) is 3.14. The summed E-state index contributed by atoms with van der Waals surface area (Å²) in [6.07, 6.45) is 1.62. The Bertz CT molecular complexity index is 738. The molecule has 0 unspecified atom stereocenters. The van der Waals surface area contributed by atoms with Gasteiger partial charge in [0.1, 0.15) is 11.3 Å². The molecule has 0 fully saturated rings. The second-order valence-corrected chi connectivity index (χ2v) is 4.43. The Morgan fingerprint density at radius 2 is 1.79 bits per heavy atom. The molecule has 1 aromatic heterocycles. The van der Waals surface area contributed by atoms with Crippen molar-refractivity contribution in [1.29, 1.82) is 0 Å². The van der Waals surface area contributed by atoms with Gasteiger partial charge in [0.05, 0.1) is 0 Å². The molecular weight excluding hydrogens is 239 g/mol. The summed E-state index contributed by atoms with van der Waals surface area (Å²) in [7, 11) is 0. The summed E-state index contributed by atoms with van der Waals surface area (Å²) >= 11 is 0. The van der Waals surface area contributed by atoms with Gasteiger partial charge in [-0.3, -0.25) is 4.98 Å². The quantitative estimate of drug-likeness (QED) is 0.730. The lowest BCUT2D eigenvalue weighted by molar-refractivity contribution is 0.637. The number of rotatable bonds is 2. The highest BCUT2D eigenvalue weighted by atomic mass is 19.1. The molecule has 0 saturated heterocycles. The van der Waals surface area contributed by atoms with Gasteiger partial charge in [-0.2, -0.15) is 0 Å². The maximum Gasteiger partial charge on any atom is 0.149 e. The van der Waals surface area contributed by atoms with Crippen molar-refractivity contribution in [2.24, 2.45) is 0 Å². The molecule has 94 valence electrons. The number of aryl methyl sites for hydroxylation is 1. The van der Waals surface area contributed by atoms with E-state index in [1.54, 1.807) is 12.3 Å². The number of nitrogens with zero attached hydrogens (tertiary/aromatic N) is 1. The van der Waals surface area contributed by atoms with E-state index in [0.29, 0.717) is 5.52 Å². The van der Waals surface area contributed by atoms with E-state index in [1.165, 1.54) is 6.07 Å². The van der Waals surface area contributed by atoms with Crippen LogP contribution < -0.4 is 5.32 Å².